The molecule has 17 heavy (non-hydrogen) atoms. The van der Waals surface area contributed by atoms with Crippen molar-refractivity contribution in [3.63, 3.8) is 0 Å². The summed E-state index contributed by atoms with van der Waals surface area (Å²) in [4.78, 5) is 12.2. The van der Waals surface area contributed by atoms with E-state index in [1.807, 2.05) is 19.1 Å². The summed E-state index contributed by atoms with van der Waals surface area (Å²) in [6.45, 7) is 3.44. The lowest BCUT2D eigenvalue weighted by Crippen LogP contribution is -2.13. The van der Waals surface area contributed by atoms with Gasteiger partial charge in [0, 0.05) is 17.5 Å². The molecule has 0 saturated carbocycles. The zero-order valence-corrected chi connectivity index (χ0v) is 9.53. The standard InChI is InChI=1S/C11H12FN5/c1-6-3-4-8(5-14-6)10-15-7(2)9(12)11(16-10)17-13/h3-5H,13H2,1-2H3,(H,15,16,17). The molecule has 2 heterocycles. The van der Waals surface area contributed by atoms with E-state index in [1.54, 1.807) is 13.1 Å². The highest BCUT2D eigenvalue weighted by Gasteiger charge is 2.11. The minimum absolute atomic E-state index is 0.0203. The van der Waals surface area contributed by atoms with Crippen molar-refractivity contribution in [3.8, 4) is 11.4 Å². The number of nitrogens with two attached hydrogens (primary N) is 1. The smallest absolute Gasteiger partial charge is 0.187 e. The van der Waals surface area contributed by atoms with Gasteiger partial charge in [-0.05, 0) is 26.0 Å². The Morgan fingerprint density at radius 2 is 2.00 bits per heavy atom. The van der Waals surface area contributed by atoms with Gasteiger partial charge < -0.3 is 5.43 Å². The number of hydrogen-bond acceptors (Lipinski definition) is 5. The topological polar surface area (TPSA) is 76.7 Å². The summed E-state index contributed by atoms with van der Waals surface area (Å²) in [5, 5.41) is 0. The number of nitrogens with one attached hydrogen (secondary N) is 1. The van der Waals surface area contributed by atoms with Gasteiger partial charge in [0.25, 0.3) is 0 Å². The molecule has 0 aliphatic heterocycles. The van der Waals surface area contributed by atoms with Crippen LogP contribution in [0.4, 0.5) is 10.2 Å². The van der Waals surface area contributed by atoms with Crippen molar-refractivity contribution in [3.05, 3.63) is 35.5 Å². The number of halogens is 1. The van der Waals surface area contributed by atoms with E-state index in [9.17, 15) is 4.39 Å². The number of aryl methyl sites for hydroxylation is 2. The maximum atomic E-state index is 13.5. The van der Waals surface area contributed by atoms with Crippen molar-refractivity contribution < 1.29 is 4.39 Å². The lowest BCUT2D eigenvalue weighted by atomic mass is 10.2. The molecule has 88 valence electrons. The van der Waals surface area contributed by atoms with E-state index in [0.717, 1.165) is 11.3 Å². The fraction of sp³-hybridized carbons (Fsp3) is 0.182. The molecule has 5 nitrogen and oxygen atoms in total. The zero-order chi connectivity index (χ0) is 12.4. The molecule has 0 amide bonds. The van der Waals surface area contributed by atoms with Crippen molar-refractivity contribution in [2.45, 2.75) is 13.8 Å². The molecule has 2 rings (SSSR count). The van der Waals surface area contributed by atoms with E-state index in [2.05, 4.69) is 20.4 Å². The van der Waals surface area contributed by atoms with Crippen molar-refractivity contribution in [2.75, 3.05) is 5.43 Å². The molecule has 0 saturated heterocycles. The maximum Gasteiger partial charge on any atom is 0.187 e. The Hall–Kier alpha value is -2.08. The lowest BCUT2D eigenvalue weighted by molar-refractivity contribution is 0.606. The van der Waals surface area contributed by atoms with Crippen LogP contribution >= 0.6 is 0 Å². The number of aromatic nitrogens is 3. The van der Waals surface area contributed by atoms with Gasteiger partial charge in [-0.2, -0.15) is 0 Å². The van der Waals surface area contributed by atoms with Crippen LogP contribution in [-0.2, 0) is 0 Å². The molecule has 6 heteroatoms. The minimum Gasteiger partial charge on any atom is -0.306 e. The molecule has 0 aromatic carbocycles. The highest BCUT2D eigenvalue weighted by atomic mass is 19.1. The largest absolute Gasteiger partial charge is 0.306 e. The van der Waals surface area contributed by atoms with Crippen LogP contribution in [-0.4, -0.2) is 15.0 Å². The fourth-order valence-corrected chi connectivity index (χ4v) is 1.38. The first-order valence-electron chi connectivity index (χ1n) is 5.05. The number of nitrogen functional groups attached to an aromatic ring is 1. The molecule has 0 aliphatic rings. The van der Waals surface area contributed by atoms with Crippen LogP contribution in [0.15, 0.2) is 18.3 Å². The SMILES string of the molecule is Cc1ccc(-c2nc(C)c(F)c(NN)n2)cn1. The second-order valence-corrected chi connectivity index (χ2v) is 3.63. The molecular weight excluding hydrogens is 221 g/mol. The maximum absolute atomic E-state index is 13.5. The van der Waals surface area contributed by atoms with Gasteiger partial charge >= 0.3 is 0 Å². The highest BCUT2D eigenvalue weighted by molar-refractivity contribution is 5.56. The van der Waals surface area contributed by atoms with Crippen LogP contribution in [0, 0.1) is 19.7 Å². The summed E-state index contributed by atoms with van der Waals surface area (Å²) < 4.78 is 13.5. The molecule has 0 aliphatic carbocycles. The predicted molar refractivity (Wildman–Crippen MR) is 62.5 cm³/mol. The molecule has 0 unspecified atom stereocenters. The average Bonchev–Trinajstić information content (AvgIpc) is 2.33. The van der Waals surface area contributed by atoms with Crippen LogP contribution < -0.4 is 11.3 Å². The van der Waals surface area contributed by atoms with E-state index < -0.39 is 5.82 Å². The Balaban J connectivity index is 2.52. The van der Waals surface area contributed by atoms with Crippen LogP contribution in [0.1, 0.15) is 11.4 Å². The van der Waals surface area contributed by atoms with Gasteiger partial charge in [0.15, 0.2) is 17.5 Å². The number of anilines is 1. The van der Waals surface area contributed by atoms with Gasteiger partial charge in [0.1, 0.15) is 0 Å². The van der Waals surface area contributed by atoms with E-state index in [4.69, 9.17) is 5.84 Å². The number of rotatable bonds is 2. The Kier molecular flexibility index (Phi) is 2.97. The van der Waals surface area contributed by atoms with Crippen LogP contribution in [0.2, 0.25) is 0 Å². The summed E-state index contributed by atoms with van der Waals surface area (Å²) in [7, 11) is 0. The monoisotopic (exact) mass is 233 g/mol. The van der Waals surface area contributed by atoms with Crippen molar-refractivity contribution in [1.29, 1.82) is 0 Å². The Labute approximate surface area is 97.9 Å². The molecule has 0 spiro atoms. The summed E-state index contributed by atoms with van der Waals surface area (Å²) in [5.41, 5.74) is 4.06. The first kappa shape index (κ1) is 11.4. The van der Waals surface area contributed by atoms with Crippen molar-refractivity contribution >= 4 is 5.82 Å². The third-order valence-electron chi connectivity index (χ3n) is 2.32. The van der Waals surface area contributed by atoms with E-state index in [0.29, 0.717) is 5.82 Å². The van der Waals surface area contributed by atoms with Gasteiger partial charge in [0.05, 0.1) is 5.69 Å². The molecule has 0 radical (unpaired) electrons. The van der Waals surface area contributed by atoms with Crippen LogP contribution in [0.5, 0.6) is 0 Å². The normalized spacial score (nSPS) is 10.4. The molecular formula is C11H12FN5. The van der Waals surface area contributed by atoms with E-state index >= 15 is 0 Å². The van der Waals surface area contributed by atoms with Crippen LogP contribution in [0.25, 0.3) is 11.4 Å². The van der Waals surface area contributed by atoms with Crippen molar-refractivity contribution in [1.82, 2.24) is 15.0 Å². The Morgan fingerprint density at radius 3 is 2.59 bits per heavy atom. The molecule has 0 bridgehead atoms. The highest BCUT2D eigenvalue weighted by Crippen LogP contribution is 2.19. The van der Waals surface area contributed by atoms with Gasteiger partial charge in [-0.1, -0.05) is 0 Å². The predicted octanol–water partition coefficient (Wildman–Crippen LogP) is 1.58. The summed E-state index contributed by atoms with van der Waals surface area (Å²) in [6, 6.07) is 3.67. The number of hydrogen-bond donors (Lipinski definition) is 2. The van der Waals surface area contributed by atoms with Gasteiger partial charge in [-0.25, -0.2) is 20.2 Å². The summed E-state index contributed by atoms with van der Waals surface area (Å²) in [6.07, 6.45) is 1.64. The van der Waals surface area contributed by atoms with Gasteiger partial charge in [-0.3, -0.25) is 4.98 Å². The van der Waals surface area contributed by atoms with E-state index in [1.165, 1.54) is 0 Å². The quantitative estimate of drug-likeness (QED) is 0.608. The first-order valence-corrected chi connectivity index (χ1v) is 5.05. The lowest BCUT2D eigenvalue weighted by Gasteiger charge is -2.07. The van der Waals surface area contributed by atoms with Gasteiger partial charge in [-0.15, -0.1) is 0 Å². The van der Waals surface area contributed by atoms with Crippen LogP contribution in [0.3, 0.4) is 0 Å². The molecule has 2 aromatic rings. The molecule has 2 aromatic heterocycles. The van der Waals surface area contributed by atoms with E-state index in [-0.39, 0.29) is 11.5 Å². The second-order valence-electron chi connectivity index (χ2n) is 3.63. The second kappa shape index (κ2) is 4.42. The number of hydrazine groups is 1. The Bertz CT molecular complexity index is 538. The zero-order valence-electron chi connectivity index (χ0n) is 9.53. The molecule has 0 atom stereocenters. The summed E-state index contributed by atoms with van der Waals surface area (Å²) >= 11 is 0. The third kappa shape index (κ3) is 2.21. The Morgan fingerprint density at radius 1 is 1.24 bits per heavy atom. The molecule has 3 N–H and O–H groups in total. The van der Waals surface area contributed by atoms with Gasteiger partial charge in [0.2, 0.25) is 0 Å². The average molecular weight is 233 g/mol. The van der Waals surface area contributed by atoms with Crippen molar-refractivity contribution in [2.24, 2.45) is 5.84 Å². The summed E-state index contributed by atoms with van der Waals surface area (Å²) in [5.74, 6) is 5.02. The third-order valence-corrected chi connectivity index (χ3v) is 2.32. The first-order chi connectivity index (χ1) is 8.11. The number of nitrogens with zero attached hydrogens (tertiary/aromatic N) is 3. The minimum atomic E-state index is -0.545. The molecule has 0 fully saturated rings. The number of pyridine rings is 1. The fourth-order valence-electron chi connectivity index (χ4n) is 1.38.